The Morgan fingerprint density at radius 3 is 2.70 bits per heavy atom. The van der Waals surface area contributed by atoms with Crippen molar-refractivity contribution < 1.29 is 14.1 Å². The van der Waals surface area contributed by atoms with E-state index in [2.05, 4.69) is 20.2 Å². The first kappa shape index (κ1) is 14.0. The highest BCUT2D eigenvalue weighted by Gasteiger charge is 2.22. The smallest absolute Gasteiger partial charge is 0.411 e. The van der Waals surface area contributed by atoms with E-state index in [0.717, 1.165) is 5.56 Å². The second-order valence-corrected chi connectivity index (χ2v) is 5.37. The van der Waals surface area contributed by atoms with E-state index in [-0.39, 0.29) is 5.41 Å². The molecule has 1 aromatic carbocycles. The lowest BCUT2D eigenvalue weighted by Crippen LogP contribution is -2.11. The molecule has 6 nitrogen and oxygen atoms in total. The van der Waals surface area contributed by atoms with E-state index in [1.165, 1.54) is 7.11 Å². The highest BCUT2D eigenvalue weighted by Crippen LogP contribution is 2.25. The maximum atomic E-state index is 11.2. The number of nitrogens with one attached hydrogen (secondary N) is 1. The molecule has 0 radical (unpaired) electrons. The van der Waals surface area contributed by atoms with Crippen molar-refractivity contribution in [2.45, 2.75) is 26.2 Å². The molecule has 0 spiro atoms. The number of ether oxygens (including phenoxy) is 1. The van der Waals surface area contributed by atoms with Crippen LogP contribution in [0.15, 0.2) is 28.8 Å². The summed E-state index contributed by atoms with van der Waals surface area (Å²) in [6.07, 6.45) is -0.523. The Kier molecular flexibility index (Phi) is 3.74. The molecule has 0 bridgehead atoms. The van der Waals surface area contributed by atoms with Crippen molar-refractivity contribution in [1.29, 1.82) is 0 Å². The molecule has 2 aromatic rings. The fraction of sp³-hybridized carbons (Fsp3) is 0.357. The van der Waals surface area contributed by atoms with Crippen LogP contribution in [0.4, 0.5) is 10.5 Å². The minimum absolute atomic E-state index is 0.201. The molecule has 0 unspecified atom stereocenters. The van der Waals surface area contributed by atoms with Gasteiger partial charge in [0, 0.05) is 16.7 Å². The summed E-state index contributed by atoms with van der Waals surface area (Å²) in [5.74, 6) is 1.06. The summed E-state index contributed by atoms with van der Waals surface area (Å²) >= 11 is 0. The number of benzene rings is 1. The van der Waals surface area contributed by atoms with Crippen LogP contribution in [0.1, 0.15) is 26.7 Å². The number of hydrogen-bond donors (Lipinski definition) is 1. The molecular weight excluding hydrogens is 258 g/mol. The van der Waals surface area contributed by atoms with Crippen LogP contribution < -0.4 is 5.32 Å². The SMILES string of the molecule is COC(=O)Nc1cccc(-c2noc(C(C)(C)C)n2)c1. The van der Waals surface area contributed by atoms with Crippen molar-refractivity contribution in [2.24, 2.45) is 0 Å². The number of aromatic nitrogens is 2. The second kappa shape index (κ2) is 5.32. The lowest BCUT2D eigenvalue weighted by molar-refractivity contribution is 0.187. The summed E-state index contributed by atoms with van der Waals surface area (Å²) in [4.78, 5) is 15.6. The Bertz CT molecular complexity index is 614. The normalized spacial score (nSPS) is 11.2. The van der Waals surface area contributed by atoms with E-state index in [0.29, 0.717) is 17.4 Å². The third kappa shape index (κ3) is 3.14. The highest BCUT2D eigenvalue weighted by molar-refractivity contribution is 5.85. The van der Waals surface area contributed by atoms with Gasteiger partial charge in [-0.05, 0) is 12.1 Å². The fourth-order valence-corrected chi connectivity index (χ4v) is 1.55. The van der Waals surface area contributed by atoms with Gasteiger partial charge in [-0.3, -0.25) is 5.32 Å². The van der Waals surface area contributed by atoms with Crippen molar-refractivity contribution in [1.82, 2.24) is 10.1 Å². The molecule has 1 aromatic heterocycles. The summed E-state index contributed by atoms with van der Waals surface area (Å²) in [6, 6.07) is 7.16. The van der Waals surface area contributed by atoms with Crippen LogP contribution in [0.2, 0.25) is 0 Å². The summed E-state index contributed by atoms with van der Waals surface area (Å²) < 4.78 is 9.80. The Hall–Kier alpha value is -2.37. The predicted octanol–water partition coefficient (Wildman–Crippen LogP) is 3.21. The van der Waals surface area contributed by atoms with E-state index in [1.807, 2.05) is 26.8 Å². The van der Waals surface area contributed by atoms with Gasteiger partial charge in [-0.2, -0.15) is 4.98 Å². The number of rotatable bonds is 2. The second-order valence-electron chi connectivity index (χ2n) is 5.37. The molecule has 20 heavy (non-hydrogen) atoms. The zero-order chi connectivity index (χ0) is 14.8. The number of carbonyl (C=O) groups excluding carboxylic acids is 1. The lowest BCUT2D eigenvalue weighted by atomic mass is 9.97. The zero-order valence-corrected chi connectivity index (χ0v) is 11.9. The number of hydrogen-bond acceptors (Lipinski definition) is 5. The Labute approximate surface area is 117 Å². The van der Waals surface area contributed by atoms with Gasteiger partial charge >= 0.3 is 6.09 Å². The summed E-state index contributed by atoms with van der Waals surface area (Å²) in [7, 11) is 1.31. The molecule has 0 aliphatic rings. The molecule has 6 heteroatoms. The van der Waals surface area contributed by atoms with Crippen LogP contribution in [0.5, 0.6) is 0 Å². The van der Waals surface area contributed by atoms with Crippen LogP contribution in [0, 0.1) is 0 Å². The average molecular weight is 275 g/mol. The first-order chi connectivity index (χ1) is 9.40. The van der Waals surface area contributed by atoms with E-state index in [4.69, 9.17) is 4.52 Å². The molecule has 2 rings (SSSR count). The van der Waals surface area contributed by atoms with Gasteiger partial charge < -0.3 is 9.26 Å². The quantitative estimate of drug-likeness (QED) is 0.910. The van der Waals surface area contributed by atoms with Gasteiger partial charge in [-0.1, -0.05) is 38.1 Å². The molecule has 0 aliphatic carbocycles. The van der Waals surface area contributed by atoms with E-state index in [1.54, 1.807) is 18.2 Å². The lowest BCUT2D eigenvalue weighted by Gasteiger charge is -2.10. The van der Waals surface area contributed by atoms with Crippen molar-refractivity contribution in [3.8, 4) is 11.4 Å². The number of nitrogens with zero attached hydrogens (tertiary/aromatic N) is 2. The molecule has 0 atom stereocenters. The minimum atomic E-state index is -0.523. The van der Waals surface area contributed by atoms with Crippen molar-refractivity contribution in [3.63, 3.8) is 0 Å². The van der Waals surface area contributed by atoms with Gasteiger partial charge in [-0.15, -0.1) is 0 Å². The fourth-order valence-electron chi connectivity index (χ4n) is 1.55. The van der Waals surface area contributed by atoms with Gasteiger partial charge in [0.2, 0.25) is 11.7 Å². The van der Waals surface area contributed by atoms with Crippen LogP contribution in [-0.2, 0) is 10.2 Å². The highest BCUT2D eigenvalue weighted by atomic mass is 16.5. The summed E-state index contributed by atoms with van der Waals surface area (Å²) in [5, 5.41) is 6.55. The van der Waals surface area contributed by atoms with Gasteiger partial charge in [0.25, 0.3) is 0 Å². The average Bonchev–Trinajstić information content (AvgIpc) is 2.88. The number of amides is 1. The number of anilines is 1. The largest absolute Gasteiger partial charge is 0.453 e. The molecular formula is C14H17N3O3. The van der Waals surface area contributed by atoms with Crippen LogP contribution >= 0.6 is 0 Å². The molecule has 1 N–H and O–H groups in total. The standard InChI is InChI=1S/C14H17N3O3/c1-14(2,3)12-16-11(17-20-12)9-6-5-7-10(8-9)15-13(18)19-4/h5-8H,1-4H3,(H,15,18). The van der Waals surface area contributed by atoms with Crippen molar-refractivity contribution >= 4 is 11.8 Å². The van der Waals surface area contributed by atoms with E-state index in [9.17, 15) is 4.79 Å². The Morgan fingerprint density at radius 1 is 1.35 bits per heavy atom. The molecule has 0 saturated carbocycles. The van der Waals surface area contributed by atoms with Gasteiger partial charge in [0.05, 0.1) is 7.11 Å². The van der Waals surface area contributed by atoms with Gasteiger partial charge in [-0.25, -0.2) is 4.79 Å². The maximum absolute atomic E-state index is 11.2. The van der Waals surface area contributed by atoms with Crippen LogP contribution in [0.3, 0.4) is 0 Å². The molecule has 106 valence electrons. The van der Waals surface area contributed by atoms with Crippen molar-refractivity contribution in [2.75, 3.05) is 12.4 Å². The van der Waals surface area contributed by atoms with Gasteiger partial charge in [0.15, 0.2) is 0 Å². The molecule has 1 heterocycles. The third-order valence-corrected chi connectivity index (χ3v) is 2.62. The van der Waals surface area contributed by atoms with Gasteiger partial charge in [0.1, 0.15) is 0 Å². The topological polar surface area (TPSA) is 77.2 Å². The minimum Gasteiger partial charge on any atom is -0.453 e. The molecule has 1 amide bonds. The molecule has 0 aliphatic heterocycles. The first-order valence-corrected chi connectivity index (χ1v) is 6.20. The van der Waals surface area contributed by atoms with Crippen molar-refractivity contribution in [3.05, 3.63) is 30.2 Å². The first-order valence-electron chi connectivity index (χ1n) is 6.20. The van der Waals surface area contributed by atoms with E-state index >= 15 is 0 Å². The molecule has 0 saturated heterocycles. The number of methoxy groups -OCH3 is 1. The zero-order valence-electron chi connectivity index (χ0n) is 11.9. The predicted molar refractivity (Wildman–Crippen MR) is 74.5 cm³/mol. The Morgan fingerprint density at radius 2 is 2.10 bits per heavy atom. The summed E-state index contributed by atoms with van der Waals surface area (Å²) in [6.45, 7) is 6.00. The van der Waals surface area contributed by atoms with E-state index < -0.39 is 6.09 Å². The molecule has 0 fully saturated rings. The van der Waals surface area contributed by atoms with Crippen LogP contribution in [-0.4, -0.2) is 23.3 Å². The number of carbonyl (C=O) groups is 1. The monoisotopic (exact) mass is 275 g/mol. The Balaban J connectivity index is 2.27. The third-order valence-electron chi connectivity index (χ3n) is 2.62. The maximum Gasteiger partial charge on any atom is 0.411 e. The summed E-state index contributed by atoms with van der Waals surface area (Å²) in [5.41, 5.74) is 1.17. The van der Waals surface area contributed by atoms with Crippen LogP contribution in [0.25, 0.3) is 11.4 Å².